The zero-order valence-corrected chi connectivity index (χ0v) is 40.8. The lowest BCUT2D eigenvalue weighted by Gasteiger charge is -2.22. The number of hydrogen-bond donors (Lipinski definition) is 0. The van der Waals surface area contributed by atoms with E-state index in [1.165, 1.54) is 12.1 Å². The summed E-state index contributed by atoms with van der Waals surface area (Å²) in [6.45, 7) is 32.9. The molecular formula is C67H33F3N8. The number of hydrogen-bond acceptors (Lipinski definition) is 2. The molecule has 0 aliphatic heterocycles. The van der Waals surface area contributed by atoms with Crippen molar-refractivity contribution < 1.29 is 13.2 Å². The van der Waals surface area contributed by atoms with Gasteiger partial charge < -0.3 is 9.13 Å². The summed E-state index contributed by atoms with van der Waals surface area (Å²) in [6.07, 6.45) is -4.91. The minimum atomic E-state index is -4.91. The van der Waals surface area contributed by atoms with E-state index < -0.39 is 17.3 Å². The Balaban J connectivity index is 1.25. The van der Waals surface area contributed by atoms with Crippen LogP contribution in [0.5, 0.6) is 0 Å². The van der Waals surface area contributed by atoms with Gasteiger partial charge in [0.1, 0.15) is 0 Å². The van der Waals surface area contributed by atoms with Crippen LogP contribution in [0.3, 0.4) is 0 Å². The Morgan fingerprint density at radius 3 is 1.12 bits per heavy atom. The fraction of sp³-hybridized carbons (Fsp3) is 0.0149. The summed E-state index contributed by atoms with van der Waals surface area (Å²) < 4.78 is 50.0. The second kappa shape index (κ2) is 18.8. The number of nitrogens with zero attached hydrogens (tertiary/aromatic N) is 8. The molecule has 0 saturated heterocycles. The first-order valence-electron chi connectivity index (χ1n) is 24.3. The third kappa shape index (κ3) is 7.65. The first kappa shape index (κ1) is 47.5. The van der Waals surface area contributed by atoms with E-state index in [0.717, 1.165) is 49.9 Å². The van der Waals surface area contributed by atoms with Crippen molar-refractivity contribution >= 4 is 66.4 Å². The number of fused-ring (bicyclic) bond motifs is 6. The summed E-state index contributed by atoms with van der Waals surface area (Å²) in [4.78, 5) is 15.2. The van der Waals surface area contributed by atoms with Crippen LogP contribution in [0.25, 0.3) is 130 Å². The van der Waals surface area contributed by atoms with Crippen LogP contribution in [0.1, 0.15) is 16.7 Å². The number of aromatic nitrogens is 2. The smallest absolute Gasteiger partial charge is 0.308 e. The highest BCUT2D eigenvalue weighted by Crippen LogP contribution is 2.50. The van der Waals surface area contributed by atoms with Gasteiger partial charge in [-0.05, 0) is 128 Å². The summed E-state index contributed by atoms with van der Waals surface area (Å²) in [5, 5.41) is 23.4. The van der Waals surface area contributed by atoms with E-state index in [9.17, 15) is 10.5 Å². The van der Waals surface area contributed by atoms with E-state index in [1.54, 1.807) is 54.6 Å². The lowest BCUT2D eigenvalue weighted by atomic mass is 9.94. The van der Waals surface area contributed by atoms with Gasteiger partial charge in [0.25, 0.3) is 0 Å². The molecule has 0 saturated carbocycles. The van der Waals surface area contributed by atoms with Gasteiger partial charge in [-0.3, -0.25) is 0 Å². The van der Waals surface area contributed by atoms with Crippen LogP contribution in [-0.4, -0.2) is 9.13 Å². The Morgan fingerprint density at radius 1 is 0.359 bits per heavy atom. The SMILES string of the molecule is [C-]#[N+]c1ccccc1-c1ccc2c(c1)c1cc(-c3ccccc3C#N)ccc1n2-c1cc([N+]#[C-])c(-c2c([N+]#[C-])cccc2C(F)(F)F)cc1-n1c2ccc(-c3ccccc3C#N)cc2c2cc(-c3ccccc3[N+]#[C-])ccc21. The molecule has 0 bridgehead atoms. The maximum Gasteiger partial charge on any atom is 0.415 e. The van der Waals surface area contributed by atoms with E-state index in [1.807, 2.05) is 137 Å². The van der Waals surface area contributed by atoms with Crippen molar-refractivity contribution in [1.29, 1.82) is 10.5 Å². The number of halogens is 3. The van der Waals surface area contributed by atoms with Gasteiger partial charge in [-0.25, -0.2) is 19.4 Å². The summed E-state index contributed by atoms with van der Waals surface area (Å²) in [5.74, 6) is 0. The molecule has 78 heavy (non-hydrogen) atoms. The average Bonchev–Trinajstić information content (AvgIpc) is 4.08. The summed E-state index contributed by atoms with van der Waals surface area (Å²) in [5.41, 5.74) is 8.96. The van der Waals surface area contributed by atoms with E-state index in [0.29, 0.717) is 78.2 Å². The standard InChI is InChI=1S/C67H33F3N8/c1-73-56-21-11-9-18-48(56)42-26-30-61-52(34-42)50-32-40(46-16-7-5-14-44(46)38-71)24-28-60(50)77(61)64-36-54(66-55(67(68,69)70)20-13-23-58(66)75-3)59(76-4)37-65(64)78-62-29-25-41(47-17-8-6-15-45(47)39-72)33-51(62)53-35-43(27-31-63(53)78)49-19-10-12-22-57(49)74-2/h5-37H. The van der Waals surface area contributed by atoms with Gasteiger partial charge in [-0.2, -0.15) is 23.7 Å². The quantitative estimate of drug-likeness (QED) is 0.149. The van der Waals surface area contributed by atoms with Gasteiger partial charge in [0, 0.05) is 21.5 Å². The zero-order valence-electron chi connectivity index (χ0n) is 40.8. The second-order valence-corrected chi connectivity index (χ2v) is 18.5. The van der Waals surface area contributed by atoms with E-state index >= 15 is 13.2 Å². The molecule has 0 atom stereocenters. The first-order valence-corrected chi connectivity index (χ1v) is 24.3. The normalized spacial score (nSPS) is 11.2. The minimum absolute atomic E-state index is 0.103. The van der Waals surface area contributed by atoms with Crippen LogP contribution in [0, 0.1) is 49.0 Å². The molecule has 11 heteroatoms. The maximum absolute atomic E-state index is 15.3. The summed E-state index contributed by atoms with van der Waals surface area (Å²) in [6, 6.07) is 63.7. The third-order valence-electron chi connectivity index (χ3n) is 14.4. The molecule has 12 rings (SSSR count). The molecule has 10 aromatic carbocycles. The number of benzene rings is 10. The Kier molecular flexibility index (Phi) is 11.4. The zero-order chi connectivity index (χ0) is 53.8. The number of alkyl halides is 3. The molecule has 0 radical (unpaired) electrons. The largest absolute Gasteiger partial charge is 0.415 e. The molecule has 12 aromatic rings. The van der Waals surface area contributed by atoms with Crippen LogP contribution >= 0.6 is 0 Å². The second-order valence-electron chi connectivity index (χ2n) is 18.5. The Hall–Kier alpha value is -11.5. The Morgan fingerprint density at radius 2 is 0.718 bits per heavy atom. The van der Waals surface area contributed by atoms with Crippen LogP contribution in [0.2, 0.25) is 0 Å². The van der Waals surface area contributed by atoms with Gasteiger partial charge >= 0.3 is 6.18 Å². The van der Waals surface area contributed by atoms with Gasteiger partial charge in [-0.15, -0.1) is 0 Å². The van der Waals surface area contributed by atoms with Crippen LogP contribution < -0.4 is 0 Å². The lowest BCUT2D eigenvalue weighted by molar-refractivity contribution is -0.137. The van der Waals surface area contributed by atoms with Crippen molar-refractivity contribution in [3.8, 4) is 79.1 Å². The van der Waals surface area contributed by atoms with Gasteiger partial charge in [0.15, 0.2) is 22.7 Å². The highest BCUT2D eigenvalue weighted by Gasteiger charge is 2.36. The molecule has 2 aromatic heterocycles. The molecule has 8 nitrogen and oxygen atoms in total. The lowest BCUT2D eigenvalue weighted by Crippen LogP contribution is -2.08. The third-order valence-corrected chi connectivity index (χ3v) is 14.4. The van der Waals surface area contributed by atoms with Crippen molar-refractivity contribution in [2.45, 2.75) is 6.18 Å². The molecular weight excluding hydrogens is 974 g/mol. The Labute approximate surface area is 445 Å². The van der Waals surface area contributed by atoms with Crippen LogP contribution in [0.4, 0.5) is 35.9 Å². The Bertz CT molecular complexity index is 4590. The number of rotatable bonds is 7. The predicted octanol–water partition coefficient (Wildman–Crippen LogP) is 19.2. The topological polar surface area (TPSA) is 74.9 Å². The molecule has 0 N–H and O–H groups in total. The summed E-state index contributed by atoms with van der Waals surface area (Å²) >= 11 is 0. The molecule has 0 spiro atoms. The van der Waals surface area contributed by atoms with Crippen LogP contribution in [0.15, 0.2) is 200 Å². The molecule has 0 aliphatic carbocycles. The van der Waals surface area contributed by atoms with E-state index in [4.69, 9.17) is 26.3 Å². The fourth-order valence-electron chi connectivity index (χ4n) is 10.9. The number of nitriles is 2. The molecule has 0 fully saturated rings. The molecule has 0 aliphatic rings. The fourth-order valence-corrected chi connectivity index (χ4v) is 10.9. The van der Waals surface area contributed by atoms with Crippen molar-refractivity contribution in [2.75, 3.05) is 0 Å². The van der Waals surface area contributed by atoms with Crippen molar-refractivity contribution in [2.24, 2.45) is 0 Å². The first-order chi connectivity index (χ1) is 38.1. The maximum atomic E-state index is 15.3. The van der Waals surface area contributed by atoms with Crippen LogP contribution in [-0.2, 0) is 6.18 Å². The highest BCUT2D eigenvalue weighted by atomic mass is 19.4. The summed E-state index contributed by atoms with van der Waals surface area (Å²) in [7, 11) is 0. The van der Waals surface area contributed by atoms with Gasteiger partial charge in [0.05, 0.1) is 88.6 Å². The van der Waals surface area contributed by atoms with Crippen molar-refractivity contribution in [3.63, 3.8) is 0 Å². The van der Waals surface area contributed by atoms with Gasteiger partial charge in [0.2, 0.25) is 0 Å². The van der Waals surface area contributed by atoms with E-state index in [2.05, 4.69) is 31.5 Å². The minimum Gasteiger partial charge on any atom is -0.308 e. The molecule has 2 heterocycles. The van der Waals surface area contributed by atoms with Crippen molar-refractivity contribution in [1.82, 2.24) is 9.13 Å². The molecule has 0 unspecified atom stereocenters. The van der Waals surface area contributed by atoms with Gasteiger partial charge in [-0.1, -0.05) is 127 Å². The predicted molar refractivity (Wildman–Crippen MR) is 302 cm³/mol. The molecule has 362 valence electrons. The van der Waals surface area contributed by atoms with E-state index in [-0.39, 0.29) is 16.9 Å². The average molecular weight is 1010 g/mol. The monoisotopic (exact) mass is 1010 g/mol. The molecule has 0 amide bonds. The number of para-hydroxylation sites is 2. The highest BCUT2D eigenvalue weighted by molar-refractivity contribution is 6.15. The van der Waals surface area contributed by atoms with Crippen molar-refractivity contribution in [3.05, 3.63) is 263 Å².